The Balaban J connectivity index is 1.29. The predicted octanol–water partition coefficient (Wildman–Crippen LogP) is 9.38. The van der Waals surface area contributed by atoms with Crippen molar-refractivity contribution >= 4 is 107 Å². The maximum absolute atomic E-state index is 2.53. The van der Waals surface area contributed by atoms with Gasteiger partial charge in [-0.3, -0.25) is 0 Å². The second-order valence-electron chi connectivity index (χ2n) is 12.9. The lowest BCUT2D eigenvalue weighted by Crippen LogP contribution is -2.63. The summed E-state index contributed by atoms with van der Waals surface area (Å²) < 4.78 is 2.53. The highest BCUT2D eigenvalue weighted by molar-refractivity contribution is 8.00. The molecular weight excluding hydrogens is 589 g/mol. The molecule has 5 heterocycles. The summed E-state index contributed by atoms with van der Waals surface area (Å²) in [6.07, 6.45) is 0. The minimum atomic E-state index is 0.139. The number of hydrogen-bond acceptors (Lipinski definition) is 3. The highest BCUT2D eigenvalue weighted by Gasteiger charge is 2.48. The summed E-state index contributed by atoms with van der Waals surface area (Å²) in [5, 5.41) is 5.35. The van der Waals surface area contributed by atoms with Crippen LogP contribution in [0, 0.1) is 0 Å². The van der Waals surface area contributed by atoms with Crippen LogP contribution in [-0.4, -0.2) is 11.1 Å². The Kier molecular flexibility index (Phi) is 4.48. The Labute approximate surface area is 275 Å². The van der Waals surface area contributed by atoms with Gasteiger partial charge in [-0.15, -0.1) is 0 Å². The normalized spacial score (nSPS) is 14.2. The Hall–Kier alpha value is -5.65. The summed E-state index contributed by atoms with van der Waals surface area (Å²) in [7, 11) is 0. The summed E-state index contributed by atoms with van der Waals surface area (Å²) in [6, 6.07) is 53.9. The second kappa shape index (κ2) is 8.58. The molecule has 0 N–H and O–H groups in total. The maximum Gasteiger partial charge on any atom is 0.255 e. The van der Waals surface area contributed by atoms with Gasteiger partial charge in [-0.2, -0.15) is 0 Å². The number of aromatic nitrogens is 1. The van der Waals surface area contributed by atoms with E-state index >= 15 is 0 Å². The summed E-state index contributed by atoms with van der Waals surface area (Å²) in [5.41, 5.74) is 15.5. The average Bonchev–Trinajstić information content (AvgIpc) is 3.65. The van der Waals surface area contributed by atoms with Crippen LogP contribution in [0.4, 0.5) is 34.1 Å². The lowest BCUT2D eigenvalue weighted by molar-refractivity contribution is 1.23. The zero-order valence-corrected chi connectivity index (χ0v) is 26.0. The lowest BCUT2D eigenvalue weighted by atomic mass is 9.33. The molecule has 12 rings (SSSR count). The van der Waals surface area contributed by atoms with E-state index in [4.69, 9.17) is 0 Å². The van der Waals surface area contributed by atoms with Crippen molar-refractivity contribution in [3.05, 3.63) is 146 Å². The monoisotopic (exact) mass is 613 g/mol. The van der Waals surface area contributed by atoms with Crippen molar-refractivity contribution in [1.82, 2.24) is 4.40 Å². The quantitative estimate of drug-likeness (QED) is 0.180. The van der Waals surface area contributed by atoms with Crippen molar-refractivity contribution in [2.24, 2.45) is 0 Å². The molecule has 216 valence electrons. The van der Waals surface area contributed by atoms with Gasteiger partial charge < -0.3 is 14.2 Å². The first-order valence-corrected chi connectivity index (χ1v) is 17.1. The second-order valence-corrected chi connectivity index (χ2v) is 13.9. The highest BCUT2D eigenvalue weighted by Crippen LogP contribution is 2.52. The Morgan fingerprint density at radius 3 is 1.81 bits per heavy atom. The van der Waals surface area contributed by atoms with Crippen molar-refractivity contribution in [3.63, 3.8) is 0 Å². The summed E-state index contributed by atoms with van der Waals surface area (Å²) in [4.78, 5) is 7.76. The molecule has 9 aromatic rings. The number of hydrogen-bond donors (Lipinski definition) is 0. The van der Waals surface area contributed by atoms with Crippen LogP contribution in [0.15, 0.2) is 155 Å². The molecule has 0 amide bonds. The zero-order chi connectivity index (χ0) is 30.4. The number of para-hydroxylation sites is 4. The van der Waals surface area contributed by atoms with Gasteiger partial charge in [0.25, 0.3) is 6.71 Å². The van der Waals surface area contributed by atoms with Crippen molar-refractivity contribution in [2.75, 3.05) is 9.80 Å². The van der Waals surface area contributed by atoms with E-state index in [1.165, 1.54) is 98.4 Å². The fraction of sp³-hybridized carbons (Fsp3) is 0. The molecular formula is C42H24BN3S. The molecule has 0 radical (unpaired) electrons. The van der Waals surface area contributed by atoms with Gasteiger partial charge in [0, 0.05) is 65.5 Å². The van der Waals surface area contributed by atoms with Gasteiger partial charge in [0.15, 0.2) is 0 Å². The number of fused-ring (bicyclic) bond motifs is 7. The fourth-order valence-corrected chi connectivity index (χ4v) is 10.3. The van der Waals surface area contributed by atoms with Crippen molar-refractivity contribution in [3.8, 4) is 0 Å². The average molecular weight is 614 g/mol. The van der Waals surface area contributed by atoms with E-state index in [-0.39, 0.29) is 6.71 Å². The number of nitrogens with zero attached hydrogens (tertiary/aromatic N) is 3. The van der Waals surface area contributed by atoms with E-state index in [9.17, 15) is 0 Å². The van der Waals surface area contributed by atoms with Gasteiger partial charge in [0.1, 0.15) is 0 Å². The third kappa shape index (κ3) is 2.89. The molecule has 0 bridgehead atoms. The van der Waals surface area contributed by atoms with Crippen molar-refractivity contribution in [1.29, 1.82) is 0 Å². The number of benzene rings is 7. The molecule has 2 aromatic heterocycles. The first kappa shape index (κ1) is 24.6. The van der Waals surface area contributed by atoms with Crippen LogP contribution >= 0.6 is 11.8 Å². The minimum Gasteiger partial charge on any atom is -0.311 e. The highest BCUT2D eigenvalue weighted by atomic mass is 32.2. The molecule has 3 nitrogen and oxygen atoms in total. The van der Waals surface area contributed by atoms with E-state index in [1.807, 2.05) is 11.8 Å². The third-order valence-electron chi connectivity index (χ3n) is 10.7. The standard InChI is InChI=1S/C42H24BN3S/c1-3-12-25(13-4-1)44-31-20-10-21-32-38(31)43-39-33(44)22-11-23-36(39)47-42-37-29-18-9-17-28-27-16-7-8-19-30(27)46(41(28)29)34(37)24-35(40(42)43)45(32)26-14-5-2-6-15-26/h1-24H. The lowest BCUT2D eigenvalue weighted by Gasteiger charge is -2.46. The first-order valence-electron chi connectivity index (χ1n) is 16.2. The fourth-order valence-electron chi connectivity index (χ4n) is 8.97. The van der Waals surface area contributed by atoms with Gasteiger partial charge in [-0.05, 0) is 77.1 Å². The molecule has 0 aliphatic carbocycles. The molecule has 0 fully saturated rings. The van der Waals surface area contributed by atoms with Crippen LogP contribution in [0.5, 0.6) is 0 Å². The molecule has 47 heavy (non-hydrogen) atoms. The van der Waals surface area contributed by atoms with Gasteiger partial charge in [-0.25, -0.2) is 0 Å². The molecule has 0 unspecified atom stereocenters. The zero-order valence-electron chi connectivity index (χ0n) is 25.2. The Morgan fingerprint density at radius 1 is 0.447 bits per heavy atom. The maximum atomic E-state index is 2.53. The van der Waals surface area contributed by atoms with Crippen LogP contribution < -0.4 is 26.2 Å². The summed E-state index contributed by atoms with van der Waals surface area (Å²) >= 11 is 1.96. The summed E-state index contributed by atoms with van der Waals surface area (Å²) in [6.45, 7) is 0.139. The molecule has 0 saturated carbocycles. The van der Waals surface area contributed by atoms with Crippen LogP contribution in [-0.2, 0) is 0 Å². The number of anilines is 6. The van der Waals surface area contributed by atoms with Crippen LogP contribution in [0.2, 0.25) is 0 Å². The summed E-state index contributed by atoms with van der Waals surface area (Å²) in [5.74, 6) is 0. The smallest absolute Gasteiger partial charge is 0.255 e. The minimum absolute atomic E-state index is 0.139. The van der Waals surface area contributed by atoms with Crippen molar-refractivity contribution < 1.29 is 0 Å². The van der Waals surface area contributed by atoms with E-state index in [0.29, 0.717) is 0 Å². The van der Waals surface area contributed by atoms with Gasteiger partial charge in [0.2, 0.25) is 0 Å². The van der Waals surface area contributed by atoms with Crippen LogP contribution in [0.25, 0.3) is 38.1 Å². The molecule has 7 aromatic carbocycles. The first-order chi connectivity index (χ1) is 23.4. The van der Waals surface area contributed by atoms with E-state index in [2.05, 4.69) is 160 Å². The van der Waals surface area contributed by atoms with Crippen molar-refractivity contribution in [2.45, 2.75) is 9.79 Å². The van der Waals surface area contributed by atoms with E-state index in [1.54, 1.807) is 0 Å². The van der Waals surface area contributed by atoms with E-state index in [0.717, 1.165) is 0 Å². The molecule has 0 saturated heterocycles. The molecule has 3 aliphatic heterocycles. The van der Waals surface area contributed by atoms with Crippen LogP contribution in [0.1, 0.15) is 0 Å². The Morgan fingerprint density at radius 2 is 1.04 bits per heavy atom. The van der Waals surface area contributed by atoms with Gasteiger partial charge >= 0.3 is 0 Å². The SMILES string of the molecule is c1ccc(N2c3cccc4c3B3c5c2cccc5N(c2ccccc2)c2cc5c(c(c23)S4)c2cccc3c4ccccc4n5c32)cc1. The van der Waals surface area contributed by atoms with E-state index < -0.39 is 0 Å². The molecule has 0 spiro atoms. The largest absolute Gasteiger partial charge is 0.311 e. The van der Waals surface area contributed by atoms with Gasteiger partial charge in [-0.1, -0.05) is 96.7 Å². The number of rotatable bonds is 2. The van der Waals surface area contributed by atoms with Crippen LogP contribution in [0.3, 0.4) is 0 Å². The molecule has 5 heteroatoms. The van der Waals surface area contributed by atoms with Gasteiger partial charge in [0.05, 0.1) is 16.6 Å². The predicted molar refractivity (Wildman–Crippen MR) is 199 cm³/mol. The third-order valence-corrected chi connectivity index (χ3v) is 11.9. The Bertz CT molecular complexity index is 2790. The topological polar surface area (TPSA) is 10.9 Å². The molecule has 3 aliphatic rings. The molecule has 0 atom stereocenters.